The summed E-state index contributed by atoms with van der Waals surface area (Å²) in [6.45, 7) is 2.09. The number of benzene rings is 1. The van der Waals surface area contributed by atoms with Gasteiger partial charge in [0.2, 0.25) is 0 Å². The van der Waals surface area contributed by atoms with E-state index in [0.717, 1.165) is 54.4 Å². The molecule has 1 aromatic carbocycles. The number of rotatable bonds is 4. The van der Waals surface area contributed by atoms with Gasteiger partial charge in [-0.25, -0.2) is 9.97 Å². The SMILES string of the molecule is c1ccc(-c2nc(NC3CCNCC3)cc(-c3ccncc3)n2)cc1. The van der Waals surface area contributed by atoms with Gasteiger partial charge in [-0.1, -0.05) is 30.3 Å². The number of pyridine rings is 1. The van der Waals surface area contributed by atoms with Crippen LogP contribution in [0.1, 0.15) is 12.8 Å². The van der Waals surface area contributed by atoms with Crippen molar-refractivity contribution in [2.75, 3.05) is 18.4 Å². The van der Waals surface area contributed by atoms with Gasteiger partial charge >= 0.3 is 0 Å². The van der Waals surface area contributed by atoms with E-state index in [1.54, 1.807) is 12.4 Å². The van der Waals surface area contributed by atoms with Crippen LogP contribution in [0, 0.1) is 0 Å². The standard InChI is InChI=1S/C20H21N5/c1-2-4-16(5-3-1)20-24-18(15-6-10-21-11-7-15)14-19(25-20)23-17-8-12-22-13-9-17/h1-7,10-11,14,17,22H,8-9,12-13H2,(H,23,24,25). The highest BCUT2D eigenvalue weighted by Crippen LogP contribution is 2.25. The van der Waals surface area contributed by atoms with E-state index in [-0.39, 0.29) is 0 Å². The molecular weight excluding hydrogens is 310 g/mol. The molecule has 0 spiro atoms. The quantitative estimate of drug-likeness (QED) is 0.767. The second kappa shape index (κ2) is 7.40. The Morgan fingerprint density at radius 3 is 2.40 bits per heavy atom. The van der Waals surface area contributed by atoms with Gasteiger partial charge in [-0.3, -0.25) is 4.98 Å². The highest BCUT2D eigenvalue weighted by Gasteiger charge is 2.15. The molecule has 25 heavy (non-hydrogen) atoms. The van der Waals surface area contributed by atoms with E-state index < -0.39 is 0 Å². The van der Waals surface area contributed by atoms with Crippen molar-refractivity contribution in [3.63, 3.8) is 0 Å². The first-order chi connectivity index (χ1) is 12.4. The minimum absolute atomic E-state index is 0.449. The maximum Gasteiger partial charge on any atom is 0.162 e. The summed E-state index contributed by atoms with van der Waals surface area (Å²) in [5, 5.41) is 6.99. The number of nitrogens with one attached hydrogen (secondary N) is 2. The highest BCUT2D eigenvalue weighted by molar-refractivity contribution is 5.67. The molecule has 0 amide bonds. The van der Waals surface area contributed by atoms with E-state index in [0.29, 0.717) is 6.04 Å². The predicted molar refractivity (Wildman–Crippen MR) is 100 cm³/mol. The van der Waals surface area contributed by atoms with E-state index in [1.807, 2.05) is 48.5 Å². The van der Waals surface area contributed by atoms with Crippen LogP contribution in [0.5, 0.6) is 0 Å². The molecule has 0 radical (unpaired) electrons. The van der Waals surface area contributed by atoms with Crippen molar-refractivity contribution < 1.29 is 0 Å². The van der Waals surface area contributed by atoms with E-state index in [9.17, 15) is 0 Å². The lowest BCUT2D eigenvalue weighted by Gasteiger charge is -2.24. The summed E-state index contributed by atoms with van der Waals surface area (Å²) in [6, 6.07) is 16.5. The second-order valence-corrected chi connectivity index (χ2v) is 6.23. The fourth-order valence-electron chi connectivity index (χ4n) is 3.08. The zero-order chi connectivity index (χ0) is 16.9. The largest absolute Gasteiger partial charge is 0.367 e. The number of anilines is 1. The Hall–Kier alpha value is -2.79. The molecule has 1 aliphatic rings. The molecule has 3 aromatic rings. The fourth-order valence-corrected chi connectivity index (χ4v) is 3.08. The first-order valence-corrected chi connectivity index (χ1v) is 8.71. The van der Waals surface area contributed by atoms with Gasteiger partial charge in [-0.2, -0.15) is 0 Å². The lowest BCUT2D eigenvalue weighted by atomic mass is 10.1. The Labute approximate surface area is 147 Å². The van der Waals surface area contributed by atoms with Crippen LogP contribution in [0.15, 0.2) is 60.9 Å². The van der Waals surface area contributed by atoms with Crippen molar-refractivity contribution in [1.82, 2.24) is 20.3 Å². The number of hydrogen-bond donors (Lipinski definition) is 2. The summed E-state index contributed by atoms with van der Waals surface area (Å²) in [5.74, 6) is 1.62. The number of nitrogens with zero attached hydrogens (tertiary/aromatic N) is 3. The highest BCUT2D eigenvalue weighted by atomic mass is 15.1. The van der Waals surface area contributed by atoms with Crippen LogP contribution in [0.2, 0.25) is 0 Å². The molecule has 1 fully saturated rings. The molecular formula is C20H21N5. The topological polar surface area (TPSA) is 62.7 Å². The molecule has 2 aromatic heterocycles. The summed E-state index contributed by atoms with van der Waals surface area (Å²) in [7, 11) is 0. The van der Waals surface area contributed by atoms with Crippen molar-refractivity contribution in [2.24, 2.45) is 0 Å². The van der Waals surface area contributed by atoms with Crippen LogP contribution >= 0.6 is 0 Å². The Bertz CT molecular complexity index is 756. The number of hydrogen-bond acceptors (Lipinski definition) is 5. The third-order valence-corrected chi connectivity index (χ3v) is 4.43. The molecule has 5 nitrogen and oxygen atoms in total. The lowest BCUT2D eigenvalue weighted by molar-refractivity contribution is 0.478. The van der Waals surface area contributed by atoms with E-state index in [1.165, 1.54) is 0 Å². The van der Waals surface area contributed by atoms with Crippen LogP contribution in [0.25, 0.3) is 22.6 Å². The van der Waals surface area contributed by atoms with Crippen molar-refractivity contribution >= 4 is 5.82 Å². The van der Waals surface area contributed by atoms with Gasteiger partial charge in [-0.05, 0) is 38.1 Å². The lowest BCUT2D eigenvalue weighted by Crippen LogP contribution is -2.35. The van der Waals surface area contributed by atoms with Crippen LogP contribution in [-0.2, 0) is 0 Å². The summed E-state index contributed by atoms with van der Waals surface area (Å²) in [5.41, 5.74) is 2.97. The van der Waals surface area contributed by atoms with Crippen molar-refractivity contribution in [3.05, 3.63) is 60.9 Å². The molecule has 1 aliphatic heterocycles. The van der Waals surface area contributed by atoms with Gasteiger partial charge in [0.15, 0.2) is 5.82 Å². The van der Waals surface area contributed by atoms with Gasteiger partial charge in [-0.15, -0.1) is 0 Å². The smallest absolute Gasteiger partial charge is 0.162 e. The maximum atomic E-state index is 4.78. The van der Waals surface area contributed by atoms with Gasteiger partial charge in [0.1, 0.15) is 5.82 Å². The van der Waals surface area contributed by atoms with Crippen LogP contribution < -0.4 is 10.6 Å². The Morgan fingerprint density at radius 1 is 0.880 bits per heavy atom. The summed E-state index contributed by atoms with van der Waals surface area (Å²) in [4.78, 5) is 13.6. The molecule has 0 saturated carbocycles. The van der Waals surface area contributed by atoms with E-state index in [2.05, 4.69) is 15.6 Å². The molecule has 0 unspecified atom stereocenters. The number of piperidine rings is 1. The van der Waals surface area contributed by atoms with Crippen LogP contribution in [0.3, 0.4) is 0 Å². The van der Waals surface area contributed by atoms with E-state index in [4.69, 9.17) is 9.97 Å². The normalized spacial score (nSPS) is 15.0. The van der Waals surface area contributed by atoms with Gasteiger partial charge in [0.05, 0.1) is 5.69 Å². The third-order valence-electron chi connectivity index (χ3n) is 4.43. The monoisotopic (exact) mass is 331 g/mol. The molecule has 126 valence electrons. The maximum absolute atomic E-state index is 4.78. The van der Waals surface area contributed by atoms with Crippen molar-refractivity contribution in [2.45, 2.75) is 18.9 Å². The Balaban J connectivity index is 1.72. The average Bonchev–Trinajstić information content (AvgIpc) is 2.70. The van der Waals surface area contributed by atoms with Crippen molar-refractivity contribution in [1.29, 1.82) is 0 Å². The average molecular weight is 331 g/mol. The molecule has 0 atom stereocenters. The summed E-state index contributed by atoms with van der Waals surface area (Å²) >= 11 is 0. The molecule has 2 N–H and O–H groups in total. The Morgan fingerprint density at radius 2 is 1.64 bits per heavy atom. The van der Waals surface area contributed by atoms with Crippen LogP contribution in [0.4, 0.5) is 5.82 Å². The second-order valence-electron chi connectivity index (χ2n) is 6.23. The zero-order valence-electron chi connectivity index (χ0n) is 14.0. The molecule has 5 heteroatoms. The summed E-state index contributed by atoms with van der Waals surface area (Å²) < 4.78 is 0. The van der Waals surface area contributed by atoms with Gasteiger partial charge in [0, 0.05) is 35.6 Å². The molecule has 1 saturated heterocycles. The Kier molecular flexibility index (Phi) is 4.65. The number of aromatic nitrogens is 3. The van der Waals surface area contributed by atoms with Gasteiger partial charge < -0.3 is 10.6 Å². The molecule has 4 rings (SSSR count). The van der Waals surface area contributed by atoms with E-state index >= 15 is 0 Å². The first kappa shape index (κ1) is 15.7. The molecule has 0 bridgehead atoms. The summed E-state index contributed by atoms with van der Waals surface area (Å²) in [6.07, 6.45) is 5.80. The predicted octanol–water partition coefficient (Wildman–Crippen LogP) is 3.37. The molecule has 3 heterocycles. The first-order valence-electron chi connectivity index (χ1n) is 8.71. The van der Waals surface area contributed by atoms with Gasteiger partial charge in [0.25, 0.3) is 0 Å². The van der Waals surface area contributed by atoms with Crippen molar-refractivity contribution in [3.8, 4) is 22.6 Å². The fraction of sp³-hybridized carbons (Fsp3) is 0.250. The molecule has 0 aliphatic carbocycles. The third kappa shape index (κ3) is 3.83. The van der Waals surface area contributed by atoms with Crippen LogP contribution in [-0.4, -0.2) is 34.1 Å². The minimum atomic E-state index is 0.449. The zero-order valence-corrected chi connectivity index (χ0v) is 14.0. The minimum Gasteiger partial charge on any atom is -0.367 e.